The van der Waals surface area contributed by atoms with Crippen LogP contribution in [0.25, 0.3) is 0 Å². The fourth-order valence-corrected chi connectivity index (χ4v) is 2.56. The quantitative estimate of drug-likeness (QED) is 0.578. The van der Waals surface area contributed by atoms with Crippen LogP contribution < -0.4 is 0 Å². The number of carbonyl (C=O) groups is 2. The molecule has 0 spiro atoms. The fraction of sp³-hybridized carbons (Fsp3) is 0.692. The van der Waals surface area contributed by atoms with Gasteiger partial charge in [-0.2, -0.15) is 0 Å². The maximum Gasteiger partial charge on any atom is 0.234 e. The highest BCUT2D eigenvalue weighted by molar-refractivity contribution is 6.06. The van der Waals surface area contributed by atoms with Gasteiger partial charge in [-0.3, -0.25) is 14.5 Å². The van der Waals surface area contributed by atoms with Gasteiger partial charge in [0.25, 0.3) is 0 Å². The molecule has 2 amide bonds. The number of aliphatic hydroxyl groups is 1. The molecule has 17 heavy (non-hydrogen) atoms. The summed E-state index contributed by atoms with van der Waals surface area (Å²) in [4.78, 5) is 25.8. The maximum absolute atomic E-state index is 12.3. The van der Waals surface area contributed by atoms with Crippen LogP contribution in [0.15, 0.2) is 12.2 Å². The van der Waals surface area contributed by atoms with Gasteiger partial charge in [-0.05, 0) is 33.6 Å². The number of aliphatic hydroxyl groups excluding tert-OH is 1. The molecule has 0 bridgehead atoms. The van der Waals surface area contributed by atoms with Crippen molar-refractivity contribution in [2.75, 3.05) is 0 Å². The van der Waals surface area contributed by atoms with Crippen molar-refractivity contribution in [2.24, 2.45) is 11.8 Å². The molecule has 4 nitrogen and oxygen atoms in total. The predicted octanol–water partition coefficient (Wildman–Crippen LogP) is 1.10. The summed E-state index contributed by atoms with van der Waals surface area (Å²) in [5.41, 5.74) is -0.828. The number of hydrogen-bond donors (Lipinski definition) is 1. The van der Waals surface area contributed by atoms with Crippen LogP contribution in [0.2, 0.25) is 0 Å². The number of carbonyl (C=O) groups excluding carboxylic acids is 2. The minimum Gasteiger partial charge on any atom is -0.391 e. The lowest BCUT2D eigenvalue weighted by molar-refractivity contribution is -0.150. The molecule has 0 saturated carbocycles. The van der Waals surface area contributed by atoms with Crippen molar-refractivity contribution in [2.45, 2.75) is 45.3 Å². The molecule has 1 fully saturated rings. The van der Waals surface area contributed by atoms with Gasteiger partial charge in [0.1, 0.15) is 0 Å². The summed E-state index contributed by atoms with van der Waals surface area (Å²) in [7, 11) is 0. The Kier molecular flexibility index (Phi) is 2.86. The van der Waals surface area contributed by atoms with Crippen molar-refractivity contribution in [3.63, 3.8) is 0 Å². The van der Waals surface area contributed by atoms with Gasteiger partial charge in [-0.1, -0.05) is 12.2 Å². The number of hydrogen-bond acceptors (Lipinski definition) is 3. The van der Waals surface area contributed by atoms with Crippen LogP contribution in [0.1, 0.15) is 33.6 Å². The molecular formula is C13H19NO3. The van der Waals surface area contributed by atoms with Gasteiger partial charge >= 0.3 is 0 Å². The lowest BCUT2D eigenvalue weighted by Gasteiger charge is -2.36. The van der Waals surface area contributed by atoms with E-state index < -0.39 is 11.6 Å². The lowest BCUT2D eigenvalue weighted by Crippen LogP contribution is -2.54. The zero-order valence-corrected chi connectivity index (χ0v) is 10.5. The van der Waals surface area contributed by atoms with Crippen molar-refractivity contribution in [1.29, 1.82) is 0 Å². The van der Waals surface area contributed by atoms with E-state index in [1.165, 1.54) is 4.90 Å². The molecule has 3 atom stereocenters. The largest absolute Gasteiger partial charge is 0.391 e. The Labute approximate surface area is 101 Å². The van der Waals surface area contributed by atoms with E-state index in [1.54, 1.807) is 20.8 Å². The van der Waals surface area contributed by atoms with Crippen LogP contribution in [-0.4, -0.2) is 33.5 Å². The third-order valence-corrected chi connectivity index (χ3v) is 4.11. The summed E-state index contributed by atoms with van der Waals surface area (Å²) in [6.07, 6.45) is 4.48. The first-order chi connectivity index (χ1) is 7.87. The minimum atomic E-state index is -0.828. The van der Waals surface area contributed by atoms with Crippen LogP contribution >= 0.6 is 0 Å². The number of amides is 2. The first kappa shape index (κ1) is 12.3. The molecule has 0 aromatic heterocycles. The molecule has 2 rings (SSSR count). The second kappa shape index (κ2) is 3.95. The Hall–Kier alpha value is -1.16. The molecule has 94 valence electrons. The SMILES string of the molecule is CC(O)C(C)(C)N1C(=O)C2CC=CCC2C1=O. The summed E-state index contributed by atoms with van der Waals surface area (Å²) >= 11 is 0. The van der Waals surface area contributed by atoms with Gasteiger partial charge in [-0.15, -0.1) is 0 Å². The average molecular weight is 237 g/mol. The number of allylic oxidation sites excluding steroid dienone is 2. The smallest absolute Gasteiger partial charge is 0.234 e. The van der Waals surface area contributed by atoms with Crippen LogP contribution in [0, 0.1) is 11.8 Å². The normalized spacial score (nSPS) is 30.7. The second-order valence-corrected chi connectivity index (χ2v) is 5.50. The summed E-state index contributed by atoms with van der Waals surface area (Å²) in [6.45, 7) is 5.08. The molecule has 1 N–H and O–H groups in total. The first-order valence-electron chi connectivity index (χ1n) is 6.08. The fourth-order valence-electron chi connectivity index (χ4n) is 2.56. The first-order valence-corrected chi connectivity index (χ1v) is 6.08. The van der Waals surface area contributed by atoms with Crippen LogP contribution in [-0.2, 0) is 9.59 Å². The molecule has 3 unspecified atom stereocenters. The predicted molar refractivity (Wildman–Crippen MR) is 63.0 cm³/mol. The number of nitrogens with zero attached hydrogens (tertiary/aromatic N) is 1. The van der Waals surface area contributed by atoms with Crippen LogP contribution in [0.3, 0.4) is 0 Å². The zero-order valence-electron chi connectivity index (χ0n) is 10.5. The third kappa shape index (κ3) is 1.71. The van der Waals surface area contributed by atoms with Crippen molar-refractivity contribution < 1.29 is 14.7 Å². The van der Waals surface area contributed by atoms with E-state index in [2.05, 4.69) is 0 Å². The molecule has 0 aromatic carbocycles. The highest BCUT2D eigenvalue weighted by Crippen LogP contribution is 2.39. The van der Waals surface area contributed by atoms with E-state index in [4.69, 9.17) is 0 Å². The molecule has 1 aliphatic heterocycles. The zero-order chi connectivity index (χ0) is 12.8. The summed E-state index contributed by atoms with van der Waals surface area (Å²) in [5.74, 6) is -0.693. The molecule has 2 aliphatic rings. The van der Waals surface area contributed by atoms with E-state index >= 15 is 0 Å². The standard InChI is InChI=1S/C13H19NO3/c1-8(15)13(2,3)14-11(16)9-6-4-5-7-10(9)12(14)17/h4-5,8-10,15H,6-7H2,1-3H3. The minimum absolute atomic E-state index is 0.129. The topological polar surface area (TPSA) is 57.6 Å². The van der Waals surface area contributed by atoms with Crippen LogP contribution in [0.5, 0.6) is 0 Å². The number of rotatable bonds is 2. The Morgan fingerprint density at radius 1 is 1.24 bits per heavy atom. The molecule has 0 radical (unpaired) electrons. The Morgan fingerprint density at radius 3 is 2.00 bits per heavy atom. The second-order valence-electron chi connectivity index (χ2n) is 5.50. The highest BCUT2D eigenvalue weighted by Gasteiger charge is 2.53. The lowest BCUT2D eigenvalue weighted by atomic mass is 9.85. The van der Waals surface area contributed by atoms with E-state index in [-0.39, 0.29) is 23.7 Å². The van der Waals surface area contributed by atoms with E-state index in [0.717, 1.165) is 0 Å². The van der Waals surface area contributed by atoms with Crippen molar-refractivity contribution >= 4 is 11.8 Å². The Morgan fingerprint density at radius 2 is 1.65 bits per heavy atom. The highest BCUT2D eigenvalue weighted by atomic mass is 16.3. The van der Waals surface area contributed by atoms with Gasteiger partial charge in [0.15, 0.2) is 0 Å². The average Bonchev–Trinajstić information content (AvgIpc) is 2.52. The molecule has 1 aliphatic carbocycles. The Balaban J connectivity index is 2.33. The molecule has 1 heterocycles. The third-order valence-electron chi connectivity index (χ3n) is 4.11. The van der Waals surface area contributed by atoms with Crippen molar-refractivity contribution in [3.05, 3.63) is 12.2 Å². The summed E-state index contributed by atoms with van der Waals surface area (Å²) < 4.78 is 0. The van der Waals surface area contributed by atoms with Gasteiger partial charge < -0.3 is 5.11 Å². The van der Waals surface area contributed by atoms with E-state index in [1.807, 2.05) is 12.2 Å². The van der Waals surface area contributed by atoms with Gasteiger partial charge in [0, 0.05) is 0 Å². The summed E-state index contributed by atoms with van der Waals surface area (Å²) in [6, 6.07) is 0. The van der Waals surface area contributed by atoms with Crippen LogP contribution in [0.4, 0.5) is 0 Å². The van der Waals surface area contributed by atoms with Gasteiger partial charge in [-0.25, -0.2) is 0 Å². The van der Waals surface area contributed by atoms with Gasteiger partial charge in [0.05, 0.1) is 23.5 Å². The van der Waals surface area contributed by atoms with Crippen molar-refractivity contribution in [3.8, 4) is 0 Å². The van der Waals surface area contributed by atoms with E-state index in [0.29, 0.717) is 12.8 Å². The van der Waals surface area contributed by atoms with Gasteiger partial charge in [0.2, 0.25) is 11.8 Å². The maximum atomic E-state index is 12.3. The summed E-state index contributed by atoms with van der Waals surface area (Å²) in [5, 5.41) is 9.75. The van der Waals surface area contributed by atoms with E-state index in [9.17, 15) is 14.7 Å². The molecule has 0 aromatic rings. The molecular weight excluding hydrogens is 218 g/mol. The Bertz CT molecular complexity index is 358. The molecule has 1 saturated heterocycles. The van der Waals surface area contributed by atoms with Crippen molar-refractivity contribution in [1.82, 2.24) is 4.90 Å². The number of likely N-dealkylation sites (tertiary alicyclic amines) is 1. The number of fused-ring (bicyclic) bond motifs is 1. The monoisotopic (exact) mass is 237 g/mol. The number of imide groups is 1. The molecule has 4 heteroatoms.